The summed E-state index contributed by atoms with van der Waals surface area (Å²) < 4.78 is 5.25. The second-order valence-electron chi connectivity index (χ2n) is 5.43. The number of aliphatic imine (C=N–C) groups is 1. The molecule has 1 aliphatic rings. The van der Waals surface area contributed by atoms with Gasteiger partial charge in [0.15, 0.2) is 5.96 Å². The van der Waals surface area contributed by atoms with E-state index >= 15 is 0 Å². The smallest absolute Gasteiger partial charge is 0.218 e. The monoisotopic (exact) mass is 305 g/mol. The van der Waals surface area contributed by atoms with E-state index in [1.165, 1.54) is 32.4 Å². The number of likely N-dealkylation sites (tertiary alicyclic amines) is 1. The Kier molecular flexibility index (Phi) is 6.96. The lowest BCUT2D eigenvalue weighted by atomic mass is 10.1. The molecule has 1 aliphatic heterocycles. The Morgan fingerprint density at radius 1 is 1.32 bits per heavy atom. The van der Waals surface area contributed by atoms with E-state index in [0.29, 0.717) is 12.4 Å². The maximum atomic E-state index is 5.25. The number of pyridine rings is 1. The van der Waals surface area contributed by atoms with Crippen molar-refractivity contribution in [3.63, 3.8) is 0 Å². The number of rotatable bonds is 6. The highest BCUT2D eigenvalue weighted by Crippen LogP contribution is 2.12. The molecule has 22 heavy (non-hydrogen) atoms. The van der Waals surface area contributed by atoms with Crippen LogP contribution in [0, 0.1) is 0 Å². The molecule has 0 unspecified atom stereocenters. The molecule has 0 amide bonds. The molecule has 2 heterocycles. The van der Waals surface area contributed by atoms with Crippen molar-refractivity contribution in [1.82, 2.24) is 20.5 Å². The molecular weight excluding hydrogens is 278 g/mol. The Bertz CT molecular complexity index is 471. The molecule has 122 valence electrons. The number of hydrogen-bond donors (Lipinski definition) is 2. The molecule has 2 N–H and O–H groups in total. The van der Waals surface area contributed by atoms with Crippen molar-refractivity contribution in [2.75, 3.05) is 40.3 Å². The summed E-state index contributed by atoms with van der Waals surface area (Å²) in [5.74, 6) is 1.46. The quantitative estimate of drug-likeness (QED) is 0.612. The van der Waals surface area contributed by atoms with Crippen molar-refractivity contribution >= 4 is 5.96 Å². The largest absolute Gasteiger partial charge is 0.481 e. The molecule has 2 rings (SSSR count). The Labute approximate surface area is 133 Å². The Hall–Kier alpha value is -1.82. The molecule has 0 radical (unpaired) electrons. The number of guanidine groups is 1. The fraction of sp³-hybridized carbons (Fsp3) is 0.625. The third-order valence-electron chi connectivity index (χ3n) is 3.88. The van der Waals surface area contributed by atoms with Crippen molar-refractivity contribution < 1.29 is 4.74 Å². The summed E-state index contributed by atoms with van der Waals surface area (Å²) in [6.45, 7) is 5.06. The van der Waals surface area contributed by atoms with Crippen LogP contribution < -0.4 is 15.4 Å². The van der Waals surface area contributed by atoms with E-state index in [2.05, 4.69) is 25.5 Å². The number of hydrogen-bond acceptors (Lipinski definition) is 4. The zero-order chi connectivity index (χ0) is 15.6. The minimum atomic E-state index is 0.639. The fourth-order valence-electron chi connectivity index (χ4n) is 2.66. The van der Waals surface area contributed by atoms with Gasteiger partial charge in [-0.1, -0.05) is 12.5 Å². The fourth-order valence-corrected chi connectivity index (χ4v) is 2.66. The van der Waals surface area contributed by atoms with Gasteiger partial charge in [0.25, 0.3) is 0 Å². The van der Waals surface area contributed by atoms with Gasteiger partial charge in [-0.3, -0.25) is 4.99 Å². The summed E-state index contributed by atoms with van der Waals surface area (Å²) in [5.41, 5.74) is 1.02. The molecule has 1 aromatic heterocycles. The van der Waals surface area contributed by atoms with Crippen LogP contribution in [0.15, 0.2) is 23.3 Å². The summed E-state index contributed by atoms with van der Waals surface area (Å²) in [6, 6.07) is 3.91. The van der Waals surface area contributed by atoms with Gasteiger partial charge in [0, 0.05) is 38.4 Å². The molecule has 0 atom stereocenters. The number of methoxy groups -OCH3 is 1. The van der Waals surface area contributed by atoms with Crippen molar-refractivity contribution in [2.45, 2.75) is 25.8 Å². The summed E-state index contributed by atoms with van der Waals surface area (Å²) in [5, 5.41) is 6.66. The molecule has 1 saturated heterocycles. The first-order chi connectivity index (χ1) is 10.8. The van der Waals surface area contributed by atoms with Crippen molar-refractivity contribution in [3.05, 3.63) is 23.9 Å². The van der Waals surface area contributed by atoms with Crippen LogP contribution in [0.2, 0.25) is 0 Å². The summed E-state index contributed by atoms with van der Waals surface area (Å²) >= 11 is 0. The molecule has 6 nitrogen and oxygen atoms in total. The van der Waals surface area contributed by atoms with Gasteiger partial charge >= 0.3 is 0 Å². The predicted molar refractivity (Wildman–Crippen MR) is 89.3 cm³/mol. The van der Waals surface area contributed by atoms with Crippen LogP contribution >= 0.6 is 0 Å². The van der Waals surface area contributed by atoms with E-state index < -0.39 is 0 Å². The normalized spacial score (nSPS) is 16.4. The standard InChI is InChI=1S/C16H27N5O/c1-17-16(19-9-12-21-10-4-3-5-11-21)20-13-14-7-6-8-18-15(14)22-2/h6-8H,3-5,9-13H2,1-2H3,(H2,17,19,20). The van der Waals surface area contributed by atoms with E-state index in [0.717, 1.165) is 24.6 Å². The van der Waals surface area contributed by atoms with Crippen LogP contribution in [0.5, 0.6) is 5.88 Å². The second-order valence-corrected chi connectivity index (χ2v) is 5.43. The van der Waals surface area contributed by atoms with Gasteiger partial charge in [0.05, 0.1) is 7.11 Å². The summed E-state index contributed by atoms with van der Waals surface area (Å²) in [7, 11) is 3.42. The third kappa shape index (κ3) is 5.18. The molecule has 1 fully saturated rings. The Morgan fingerprint density at radius 2 is 2.14 bits per heavy atom. The van der Waals surface area contributed by atoms with Gasteiger partial charge in [-0.05, 0) is 32.0 Å². The lowest BCUT2D eigenvalue weighted by Gasteiger charge is -2.26. The van der Waals surface area contributed by atoms with Crippen LogP contribution in [0.3, 0.4) is 0 Å². The van der Waals surface area contributed by atoms with Crippen LogP contribution in [0.4, 0.5) is 0 Å². The molecule has 0 bridgehead atoms. The highest BCUT2D eigenvalue weighted by molar-refractivity contribution is 5.79. The van der Waals surface area contributed by atoms with E-state index in [1.807, 2.05) is 12.1 Å². The Morgan fingerprint density at radius 3 is 2.86 bits per heavy atom. The maximum Gasteiger partial charge on any atom is 0.218 e. The lowest BCUT2D eigenvalue weighted by Crippen LogP contribution is -2.42. The molecule has 0 spiro atoms. The summed E-state index contributed by atoms with van der Waals surface area (Å²) in [4.78, 5) is 11.0. The van der Waals surface area contributed by atoms with Gasteiger partial charge in [0.1, 0.15) is 0 Å². The number of nitrogens with zero attached hydrogens (tertiary/aromatic N) is 3. The van der Waals surface area contributed by atoms with Crippen LogP contribution in [0.1, 0.15) is 24.8 Å². The average molecular weight is 305 g/mol. The molecule has 0 saturated carbocycles. The molecule has 6 heteroatoms. The molecule has 1 aromatic rings. The van der Waals surface area contributed by atoms with Crippen molar-refractivity contribution in [3.8, 4) is 5.88 Å². The summed E-state index contributed by atoms with van der Waals surface area (Å²) in [6.07, 6.45) is 5.76. The van der Waals surface area contributed by atoms with Crippen LogP contribution in [-0.4, -0.2) is 56.2 Å². The molecule has 0 aromatic carbocycles. The molecular formula is C16H27N5O. The van der Waals surface area contributed by atoms with E-state index in [9.17, 15) is 0 Å². The van der Waals surface area contributed by atoms with E-state index in [-0.39, 0.29) is 0 Å². The number of nitrogens with one attached hydrogen (secondary N) is 2. The van der Waals surface area contributed by atoms with Gasteiger partial charge in [0.2, 0.25) is 5.88 Å². The van der Waals surface area contributed by atoms with E-state index in [1.54, 1.807) is 20.4 Å². The van der Waals surface area contributed by atoms with Gasteiger partial charge in [-0.15, -0.1) is 0 Å². The topological polar surface area (TPSA) is 61.8 Å². The van der Waals surface area contributed by atoms with Crippen molar-refractivity contribution in [1.29, 1.82) is 0 Å². The van der Waals surface area contributed by atoms with Crippen molar-refractivity contribution in [2.24, 2.45) is 4.99 Å². The van der Waals surface area contributed by atoms with Gasteiger partial charge < -0.3 is 20.3 Å². The number of piperidine rings is 1. The highest BCUT2D eigenvalue weighted by Gasteiger charge is 2.09. The minimum Gasteiger partial charge on any atom is -0.481 e. The first-order valence-corrected chi connectivity index (χ1v) is 7.98. The number of aromatic nitrogens is 1. The van der Waals surface area contributed by atoms with Gasteiger partial charge in [-0.2, -0.15) is 0 Å². The van der Waals surface area contributed by atoms with Gasteiger partial charge in [-0.25, -0.2) is 4.98 Å². The maximum absolute atomic E-state index is 5.25. The first kappa shape index (κ1) is 16.5. The minimum absolute atomic E-state index is 0.639. The first-order valence-electron chi connectivity index (χ1n) is 7.98. The highest BCUT2D eigenvalue weighted by atomic mass is 16.5. The SMILES string of the molecule is CN=C(NCCN1CCCCC1)NCc1cccnc1OC. The van der Waals surface area contributed by atoms with Crippen LogP contribution in [0.25, 0.3) is 0 Å². The third-order valence-corrected chi connectivity index (χ3v) is 3.88. The zero-order valence-electron chi connectivity index (χ0n) is 13.6. The Balaban J connectivity index is 1.72. The molecule has 0 aliphatic carbocycles. The predicted octanol–water partition coefficient (Wildman–Crippen LogP) is 1.24. The van der Waals surface area contributed by atoms with Crippen LogP contribution in [-0.2, 0) is 6.54 Å². The van der Waals surface area contributed by atoms with E-state index in [4.69, 9.17) is 4.74 Å². The average Bonchev–Trinajstić information content (AvgIpc) is 2.59. The number of ether oxygens (including phenoxy) is 1. The lowest BCUT2D eigenvalue weighted by molar-refractivity contribution is 0.232. The zero-order valence-corrected chi connectivity index (χ0v) is 13.6. The second kappa shape index (κ2) is 9.25.